The molecule has 0 bridgehead atoms. The highest BCUT2D eigenvalue weighted by Gasteiger charge is 2.19. The number of rotatable bonds is 6. The minimum absolute atomic E-state index is 0.0224. The number of nitrogens with zero attached hydrogens (tertiary/aromatic N) is 1. The Hall–Kier alpha value is -2.94. The lowest BCUT2D eigenvalue weighted by atomic mass is 10.1. The quantitative estimate of drug-likeness (QED) is 0.667. The Labute approximate surface area is 168 Å². The molecule has 0 aliphatic carbocycles. The molecule has 2 N–H and O–H groups in total. The normalized spacial score (nSPS) is 14.0. The van der Waals surface area contributed by atoms with Crippen LogP contribution in [0.15, 0.2) is 75.0 Å². The topological polar surface area (TPSA) is 103 Å². The van der Waals surface area contributed by atoms with Crippen molar-refractivity contribution in [3.05, 3.63) is 93.5 Å². The van der Waals surface area contributed by atoms with Gasteiger partial charge in [0.2, 0.25) is 21.2 Å². The second-order valence-corrected chi connectivity index (χ2v) is 8.53. The summed E-state index contributed by atoms with van der Waals surface area (Å²) in [4.78, 5) is 14.6. The van der Waals surface area contributed by atoms with Gasteiger partial charge in [0, 0.05) is 19.2 Å². The van der Waals surface area contributed by atoms with Crippen LogP contribution < -0.4 is 15.3 Å². The van der Waals surface area contributed by atoms with Crippen molar-refractivity contribution in [2.24, 2.45) is 5.14 Å². The average Bonchev–Trinajstić information content (AvgIpc) is 3.09. The van der Waals surface area contributed by atoms with E-state index in [2.05, 4.69) is 17.0 Å². The summed E-state index contributed by atoms with van der Waals surface area (Å²) in [6.45, 7) is 2.30. The standard InChI is InChI=1S/C21H20N2O5S/c22-29(25,26)19-7-5-15(6-8-19)13-28-21-14-27-18(9-20(21)24)12-23-10-16-3-1-2-4-17(16)11-23/h1-9,14H,10-13H2,(H2,22,25,26). The third-order valence-corrected chi connectivity index (χ3v) is 5.71. The van der Waals surface area contributed by atoms with Crippen molar-refractivity contribution in [3.63, 3.8) is 0 Å². The first-order valence-electron chi connectivity index (χ1n) is 9.04. The summed E-state index contributed by atoms with van der Waals surface area (Å²) in [7, 11) is -3.74. The van der Waals surface area contributed by atoms with E-state index >= 15 is 0 Å². The van der Waals surface area contributed by atoms with E-state index in [0.717, 1.165) is 13.1 Å². The molecule has 0 radical (unpaired) electrons. The fourth-order valence-corrected chi connectivity index (χ4v) is 3.81. The molecular weight excluding hydrogens is 392 g/mol. The molecular formula is C21H20N2O5S. The molecule has 3 aromatic rings. The molecule has 0 saturated heterocycles. The lowest BCUT2D eigenvalue weighted by Crippen LogP contribution is -2.17. The van der Waals surface area contributed by atoms with Gasteiger partial charge in [-0.05, 0) is 28.8 Å². The molecule has 0 saturated carbocycles. The number of benzene rings is 2. The van der Waals surface area contributed by atoms with Crippen LogP contribution in [0.2, 0.25) is 0 Å². The van der Waals surface area contributed by atoms with Gasteiger partial charge in [0.25, 0.3) is 0 Å². The minimum atomic E-state index is -3.74. The monoisotopic (exact) mass is 412 g/mol. The molecule has 8 heteroatoms. The second kappa shape index (κ2) is 7.82. The Morgan fingerprint density at radius 1 is 1.03 bits per heavy atom. The third-order valence-electron chi connectivity index (χ3n) is 4.78. The van der Waals surface area contributed by atoms with Crippen molar-refractivity contribution in [2.45, 2.75) is 31.1 Å². The lowest BCUT2D eigenvalue weighted by molar-refractivity contribution is 0.241. The Kier molecular flexibility index (Phi) is 5.23. The van der Waals surface area contributed by atoms with Crippen LogP contribution >= 0.6 is 0 Å². The second-order valence-electron chi connectivity index (χ2n) is 6.97. The van der Waals surface area contributed by atoms with Gasteiger partial charge >= 0.3 is 0 Å². The first kappa shape index (κ1) is 19.4. The molecule has 0 atom stereocenters. The molecule has 0 spiro atoms. The van der Waals surface area contributed by atoms with Crippen LogP contribution in [0.1, 0.15) is 22.5 Å². The van der Waals surface area contributed by atoms with Crippen molar-refractivity contribution in [1.29, 1.82) is 0 Å². The van der Waals surface area contributed by atoms with Crippen LogP contribution in [0, 0.1) is 0 Å². The van der Waals surface area contributed by atoms with E-state index in [1.807, 2.05) is 12.1 Å². The van der Waals surface area contributed by atoms with Gasteiger partial charge in [0.15, 0.2) is 0 Å². The summed E-state index contributed by atoms with van der Waals surface area (Å²) in [6.07, 6.45) is 1.32. The molecule has 2 heterocycles. The number of hydrogen-bond acceptors (Lipinski definition) is 6. The van der Waals surface area contributed by atoms with Gasteiger partial charge in [0.1, 0.15) is 18.6 Å². The van der Waals surface area contributed by atoms with E-state index in [0.29, 0.717) is 17.9 Å². The molecule has 7 nitrogen and oxygen atoms in total. The summed E-state index contributed by atoms with van der Waals surface area (Å²) in [6, 6.07) is 15.7. The number of hydrogen-bond donors (Lipinski definition) is 1. The number of sulfonamides is 1. The number of primary sulfonamides is 1. The van der Waals surface area contributed by atoms with Crippen LogP contribution in [0.25, 0.3) is 0 Å². The summed E-state index contributed by atoms with van der Waals surface area (Å²) in [5, 5.41) is 5.07. The van der Waals surface area contributed by atoms with Gasteiger partial charge in [0.05, 0.1) is 11.4 Å². The zero-order valence-electron chi connectivity index (χ0n) is 15.6. The van der Waals surface area contributed by atoms with Crippen LogP contribution in [-0.2, 0) is 36.3 Å². The lowest BCUT2D eigenvalue weighted by Gasteiger charge is -2.14. The number of fused-ring (bicyclic) bond motifs is 1. The summed E-state index contributed by atoms with van der Waals surface area (Å²) < 4.78 is 33.7. The van der Waals surface area contributed by atoms with Crippen molar-refractivity contribution < 1.29 is 17.6 Å². The van der Waals surface area contributed by atoms with E-state index in [9.17, 15) is 13.2 Å². The maximum atomic E-state index is 12.3. The fourth-order valence-electron chi connectivity index (χ4n) is 3.30. The van der Waals surface area contributed by atoms with E-state index in [4.69, 9.17) is 14.3 Å². The van der Waals surface area contributed by atoms with Crippen molar-refractivity contribution in [1.82, 2.24) is 4.90 Å². The summed E-state index contributed by atoms with van der Waals surface area (Å²) in [5.41, 5.74) is 3.03. The summed E-state index contributed by atoms with van der Waals surface area (Å²) >= 11 is 0. The third kappa shape index (κ3) is 4.56. The summed E-state index contributed by atoms with van der Waals surface area (Å²) in [5.74, 6) is 0.682. The van der Waals surface area contributed by atoms with E-state index in [1.54, 1.807) is 12.1 Å². The van der Waals surface area contributed by atoms with Gasteiger partial charge in [-0.2, -0.15) is 0 Å². The van der Waals surface area contributed by atoms with E-state index in [-0.39, 0.29) is 22.7 Å². The first-order chi connectivity index (χ1) is 13.9. The molecule has 0 unspecified atom stereocenters. The first-order valence-corrected chi connectivity index (χ1v) is 10.6. The number of ether oxygens (including phenoxy) is 1. The van der Waals surface area contributed by atoms with Crippen LogP contribution in [0.4, 0.5) is 0 Å². The predicted molar refractivity (Wildman–Crippen MR) is 107 cm³/mol. The van der Waals surface area contributed by atoms with Crippen LogP contribution in [0.3, 0.4) is 0 Å². The Morgan fingerprint density at radius 2 is 1.69 bits per heavy atom. The molecule has 1 aliphatic rings. The fraction of sp³-hybridized carbons (Fsp3) is 0.190. The molecule has 1 aliphatic heterocycles. The van der Waals surface area contributed by atoms with Crippen molar-refractivity contribution in [2.75, 3.05) is 0 Å². The van der Waals surface area contributed by atoms with E-state index in [1.165, 1.54) is 35.6 Å². The molecule has 4 rings (SSSR count). The smallest absolute Gasteiger partial charge is 0.238 e. The zero-order valence-corrected chi connectivity index (χ0v) is 16.4. The SMILES string of the molecule is NS(=O)(=O)c1ccc(COc2coc(CN3Cc4ccccc4C3)cc2=O)cc1. The Balaban J connectivity index is 1.37. The minimum Gasteiger partial charge on any atom is -0.482 e. The maximum absolute atomic E-state index is 12.3. The average molecular weight is 412 g/mol. The predicted octanol–water partition coefficient (Wildman–Crippen LogP) is 2.38. The van der Waals surface area contributed by atoms with Crippen molar-refractivity contribution in [3.8, 4) is 5.75 Å². The Morgan fingerprint density at radius 3 is 2.28 bits per heavy atom. The van der Waals surface area contributed by atoms with Crippen LogP contribution in [-0.4, -0.2) is 13.3 Å². The maximum Gasteiger partial charge on any atom is 0.238 e. The molecule has 1 aromatic heterocycles. The van der Waals surface area contributed by atoms with E-state index < -0.39 is 10.0 Å². The van der Waals surface area contributed by atoms with Gasteiger partial charge in [-0.3, -0.25) is 9.69 Å². The zero-order chi connectivity index (χ0) is 20.4. The van der Waals surface area contributed by atoms with Gasteiger partial charge in [-0.15, -0.1) is 0 Å². The highest BCUT2D eigenvalue weighted by atomic mass is 32.2. The molecule has 0 fully saturated rings. The number of nitrogens with two attached hydrogens (primary N) is 1. The van der Waals surface area contributed by atoms with Crippen molar-refractivity contribution >= 4 is 10.0 Å². The molecule has 0 amide bonds. The molecule has 29 heavy (non-hydrogen) atoms. The molecule has 2 aromatic carbocycles. The highest BCUT2D eigenvalue weighted by molar-refractivity contribution is 7.89. The largest absolute Gasteiger partial charge is 0.482 e. The highest BCUT2D eigenvalue weighted by Crippen LogP contribution is 2.24. The Bertz CT molecular complexity index is 1160. The van der Waals surface area contributed by atoms with Crippen LogP contribution in [0.5, 0.6) is 5.75 Å². The van der Waals surface area contributed by atoms with Gasteiger partial charge in [-0.1, -0.05) is 36.4 Å². The van der Waals surface area contributed by atoms with Gasteiger partial charge in [-0.25, -0.2) is 13.6 Å². The van der Waals surface area contributed by atoms with Gasteiger partial charge < -0.3 is 9.15 Å². The molecule has 150 valence electrons.